The minimum absolute atomic E-state index is 0.0801. The zero-order valence-corrected chi connectivity index (χ0v) is 17.4. The Morgan fingerprint density at radius 2 is 2.00 bits per heavy atom. The highest BCUT2D eigenvalue weighted by Crippen LogP contribution is 2.33. The van der Waals surface area contributed by atoms with Crippen molar-refractivity contribution in [3.63, 3.8) is 0 Å². The van der Waals surface area contributed by atoms with Gasteiger partial charge in [0.05, 0.1) is 24.9 Å². The molecule has 1 N–H and O–H groups in total. The highest BCUT2D eigenvalue weighted by molar-refractivity contribution is 6.02. The Kier molecular flexibility index (Phi) is 5.67. The number of hydrogen-bond acceptors (Lipinski definition) is 4. The average molecular weight is 402 g/mol. The van der Waals surface area contributed by atoms with Gasteiger partial charge < -0.3 is 23.9 Å². The van der Waals surface area contributed by atoms with E-state index in [0.717, 1.165) is 31.2 Å². The fourth-order valence-electron chi connectivity index (χ4n) is 4.75. The predicted molar refractivity (Wildman–Crippen MR) is 110 cm³/mol. The zero-order chi connectivity index (χ0) is 20.4. The Morgan fingerprint density at radius 1 is 1.28 bits per heavy atom. The Morgan fingerprint density at radius 3 is 2.72 bits per heavy atom. The number of nitrogens with one attached hydrogen (secondary N) is 1. The van der Waals surface area contributed by atoms with Crippen LogP contribution in [0.3, 0.4) is 0 Å². The van der Waals surface area contributed by atoms with Crippen LogP contribution in [0.2, 0.25) is 0 Å². The molecule has 1 saturated carbocycles. The van der Waals surface area contributed by atoms with E-state index in [-0.39, 0.29) is 17.9 Å². The van der Waals surface area contributed by atoms with E-state index in [1.807, 2.05) is 17.6 Å². The summed E-state index contributed by atoms with van der Waals surface area (Å²) in [7, 11) is 1.61. The van der Waals surface area contributed by atoms with Crippen molar-refractivity contribution in [2.45, 2.75) is 70.0 Å². The van der Waals surface area contributed by atoms with Crippen molar-refractivity contribution < 1.29 is 18.7 Å². The minimum Gasteiger partial charge on any atom is -0.463 e. The summed E-state index contributed by atoms with van der Waals surface area (Å²) in [5, 5.41) is 3.28. The summed E-state index contributed by atoms with van der Waals surface area (Å²) < 4.78 is 12.6. The molecule has 4 rings (SSSR count). The second kappa shape index (κ2) is 8.22. The number of rotatable bonds is 5. The SMILES string of the molecule is COCCN1C(=O)c2cc3occc3n2C[C@]1(C)C(=O)NC1CCCCCCC1. The summed E-state index contributed by atoms with van der Waals surface area (Å²) in [5.41, 5.74) is 1.11. The number of furan rings is 1. The molecular formula is C22H31N3O4. The monoisotopic (exact) mass is 401 g/mol. The van der Waals surface area contributed by atoms with E-state index in [1.165, 1.54) is 19.3 Å². The number of ether oxygens (including phenoxy) is 1. The average Bonchev–Trinajstić information content (AvgIpc) is 3.26. The smallest absolute Gasteiger partial charge is 0.271 e. The number of methoxy groups -OCH3 is 1. The molecule has 2 aromatic heterocycles. The highest BCUT2D eigenvalue weighted by atomic mass is 16.5. The van der Waals surface area contributed by atoms with E-state index in [9.17, 15) is 9.59 Å². The van der Waals surface area contributed by atoms with E-state index in [1.54, 1.807) is 24.3 Å². The van der Waals surface area contributed by atoms with Crippen molar-refractivity contribution in [2.24, 2.45) is 0 Å². The van der Waals surface area contributed by atoms with Gasteiger partial charge in [-0.3, -0.25) is 9.59 Å². The summed E-state index contributed by atoms with van der Waals surface area (Å²) in [6.07, 6.45) is 9.67. The van der Waals surface area contributed by atoms with Gasteiger partial charge in [-0.15, -0.1) is 0 Å². The normalized spacial score (nSPS) is 23.7. The van der Waals surface area contributed by atoms with Crippen LogP contribution in [0.15, 0.2) is 22.8 Å². The number of amides is 2. The van der Waals surface area contributed by atoms with Crippen LogP contribution in [0.4, 0.5) is 0 Å². The first-order chi connectivity index (χ1) is 14.0. The van der Waals surface area contributed by atoms with Crippen LogP contribution in [-0.2, 0) is 16.1 Å². The second-order valence-corrected chi connectivity index (χ2v) is 8.52. The van der Waals surface area contributed by atoms with Gasteiger partial charge in [0, 0.05) is 31.8 Å². The van der Waals surface area contributed by atoms with Gasteiger partial charge in [0.15, 0.2) is 5.58 Å². The minimum atomic E-state index is -0.978. The summed E-state index contributed by atoms with van der Waals surface area (Å²) in [6.45, 7) is 3.03. The van der Waals surface area contributed by atoms with E-state index in [2.05, 4.69) is 5.32 Å². The van der Waals surface area contributed by atoms with Gasteiger partial charge in [0.1, 0.15) is 11.2 Å². The topological polar surface area (TPSA) is 76.7 Å². The molecule has 0 unspecified atom stereocenters. The molecule has 0 spiro atoms. The van der Waals surface area contributed by atoms with E-state index in [4.69, 9.17) is 9.15 Å². The maximum Gasteiger partial charge on any atom is 0.271 e. The molecule has 2 amide bonds. The largest absolute Gasteiger partial charge is 0.463 e. The molecule has 2 aliphatic rings. The van der Waals surface area contributed by atoms with Gasteiger partial charge in [-0.25, -0.2) is 0 Å². The van der Waals surface area contributed by atoms with Crippen LogP contribution >= 0.6 is 0 Å². The molecule has 7 nitrogen and oxygen atoms in total. The van der Waals surface area contributed by atoms with Crippen LogP contribution in [0.5, 0.6) is 0 Å². The Balaban J connectivity index is 1.63. The number of nitrogens with zero attached hydrogens (tertiary/aromatic N) is 2. The van der Waals surface area contributed by atoms with Crippen molar-refractivity contribution in [1.82, 2.24) is 14.8 Å². The third-order valence-electron chi connectivity index (χ3n) is 6.50. The predicted octanol–water partition coefficient (Wildman–Crippen LogP) is 3.32. The molecule has 0 bridgehead atoms. The first-order valence-electron chi connectivity index (χ1n) is 10.7. The van der Waals surface area contributed by atoms with Gasteiger partial charge in [0.25, 0.3) is 5.91 Å². The van der Waals surface area contributed by atoms with Crippen LogP contribution in [0, 0.1) is 0 Å². The van der Waals surface area contributed by atoms with Gasteiger partial charge in [-0.2, -0.15) is 0 Å². The molecule has 158 valence electrons. The van der Waals surface area contributed by atoms with Crippen molar-refractivity contribution in [3.05, 3.63) is 24.1 Å². The Labute approximate surface area is 171 Å². The molecular weight excluding hydrogens is 370 g/mol. The van der Waals surface area contributed by atoms with Crippen molar-refractivity contribution in [2.75, 3.05) is 20.3 Å². The van der Waals surface area contributed by atoms with Crippen LogP contribution < -0.4 is 5.32 Å². The van der Waals surface area contributed by atoms with Gasteiger partial charge in [0.2, 0.25) is 5.91 Å². The molecule has 7 heteroatoms. The van der Waals surface area contributed by atoms with E-state index < -0.39 is 5.54 Å². The van der Waals surface area contributed by atoms with Crippen LogP contribution in [0.25, 0.3) is 11.1 Å². The molecule has 1 aliphatic heterocycles. The fourth-order valence-corrected chi connectivity index (χ4v) is 4.75. The van der Waals surface area contributed by atoms with Crippen molar-refractivity contribution in [3.8, 4) is 0 Å². The van der Waals surface area contributed by atoms with Gasteiger partial charge >= 0.3 is 0 Å². The number of carbonyl (C=O) groups is 2. The molecule has 29 heavy (non-hydrogen) atoms. The molecule has 3 heterocycles. The Bertz CT molecular complexity index is 878. The lowest BCUT2D eigenvalue weighted by atomic mass is 9.92. The molecule has 1 atom stereocenters. The summed E-state index contributed by atoms with van der Waals surface area (Å²) in [4.78, 5) is 28.5. The fraction of sp³-hybridized carbons (Fsp3) is 0.636. The molecule has 2 aromatic rings. The number of aromatic nitrogens is 1. The zero-order valence-electron chi connectivity index (χ0n) is 17.4. The van der Waals surface area contributed by atoms with Gasteiger partial charge in [-0.05, 0) is 19.8 Å². The molecule has 0 radical (unpaired) electrons. The molecule has 1 aliphatic carbocycles. The third-order valence-corrected chi connectivity index (χ3v) is 6.50. The number of carbonyl (C=O) groups excluding carboxylic acids is 2. The highest BCUT2D eigenvalue weighted by Gasteiger charge is 2.48. The van der Waals surface area contributed by atoms with E-state index in [0.29, 0.717) is 31.0 Å². The molecule has 1 fully saturated rings. The van der Waals surface area contributed by atoms with E-state index >= 15 is 0 Å². The molecule has 0 saturated heterocycles. The third kappa shape index (κ3) is 3.68. The lowest BCUT2D eigenvalue weighted by Crippen LogP contribution is -2.65. The van der Waals surface area contributed by atoms with Crippen molar-refractivity contribution in [1.29, 1.82) is 0 Å². The maximum absolute atomic E-state index is 13.5. The Hall–Kier alpha value is -2.28. The quantitative estimate of drug-likeness (QED) is 0.834. The second-order valence-electron chi connectivity index (χ2n) is 8.52. The maximum atomic E-state index is 13.5. The van der Waals surface area contributed by atoms with Crippen molar-refractivity contribution >= 4 is 22.9 Å². The summed E-state index contributed by atoms with van der Waals surface area (Å²) in [5.74, 6) is -0.237. The number of fused-ring (bicyclic) bond motifs is 3. The first-order valence-corrected chi connectivity index (χ1v) is 10.7. The lowest BCUT2D eigenvalue weighted by molar-refractivity contribution is -0.134. The van der Waals surface area contributed by atoms with Gasteiger partial charge in [-0.1, -0.05) is 32.1 Å². The standard InChI is InChI=1S/C22H31N3O4/c1-22(21(27)23-16-8-6-4-3-5-7-9-16)15-24-17-10-12-29-19(17)14-18(24)20(26)25(22)11-13-28-2/h10,12,14,16H,3-9,11,13,15H2,1-2H3,(H,23,27)/t22-/m1/s1. The summed E-state index contributed by atoms with van der Waals surface area (Å²) >= 11 is 0. The number of hydrogen-bond donors (Lipinski definition) is 1. The van der Waals surface area contributed by atoms with Crippen LogP contribution in [-0.4, -0.2) is 53.1 Å². The lowest BCUT2D eigenvalue weighted by Gasteiger charge is -2.44. The van der Waals surface area contributed by atoms with Crippen LogP contribution in [0.1, 0.15) is 62.4 Å². The first kappa shape index (κ1) is 20.0. The molecule has 0 aromatic carbocycles. The summed E-state index contributed by atoms with van der Waals surface area (Å²) in [6, 6.07) is 3.80.